The highest BCUT2D eigenvalue weighted by molar-refractivity contribution is 5.61. The van der Waals surface area contributed by atoms with Gasteiger partial charge in [-0.2, -0.15) is 5.10 Å². The van der Waals surface area contributed by atoms with Crippen LogP contribution in [0.3, 0.4) is 0 Å². The molecule has 1 fully saturated rings. The maximum absolute atomic E-state index is 4.56. The van der Waals surface area contributed by atoms with Gasteiger partial charge in [0.05, 0.1) is 17.1 Å². The Bertz CT molecular complexity index is 834. The highest BCUT2D eigenvalue weighted by Crippen LogP contribution is 2.23. The van der Waals surface area contributed by atoms with Gasteiger partial charge in [0.2, 0.25) is 0 Å². The molecule has 0 saturated carbocycles. The zero-order valence-electron chi connectivity index (χ0n) is 15.2. The number of piperidine rings is 1. The lowest BCUT2D eigenvalue weighted by atomic mass is 10.0. The van der Waals surface area contributed by atoms with E-state index in [0.717, 1.165) is 49.5 Å². The third-order valence-electron chi connectivity index (χ3n) is 4.98. The molecule has 134 valence electrons. The molecule has 2 aromatic heterocycles. The van der Waals surface area contributed by atoms with Crippen LogP contribution in [0, 0.1) is 6.92 Å². The quantitative estimate of drug-likeness (QED) is 0.765. The predicted octanol–water partition coefficient (Wildman–Crippen LogP) is 3.65. The molecular weight excluding hydrogens is 322 g/mol. The lowest BCUT2D eigenvalue weighted by molar-refractivity contribution is 0.211. The molecule has 0 atom stereocenters. The SMILES string of the molecule is Cc1ccn(-c2ccccc2NC2CCN(Cc3ccncc3)CC2)n1. The molecule has 1 N–H and O–H groups in total. The van der Waals surface area contributed by atoms with Crippen LogP contribution in [0.2, 0.25) is 0 Å². The van der Waals surface area contributed by atoms with E-state index in [0.29, 0.717) is 6.04 Å². The maximum Gasteiger partial charge on any atom is 0.0877 e. The number of nitrogens with one attached hydrogen (secondary N) is 1. The Morgan fingerprint density at radius 1 is 1.04 bits per heavy atom. The van der Waals surface area contributed by atoms with Gasteiger partial charge >= 0.3 is 0 Å². The molecule has 0 radical (unpaired) electrons. The largest absolute Gasteiger partial charge is 0.380 e. The second-order valence-corrected chi connectivity index (χ2v) is 6.97. The molecule has 1 aliphatic heterocycles. The first-order valence-corrected chi connectivity index (χ1v) is 9.27. The van der Waals surface area contributed by atoms with Gasteiger partial charge in [0.1, 0.15) is 0 Å². The molecule has 3 heterocycles. The highest BCUT2D eigenvalue weighted by atomic mass is 15.3. The zero-order valence-corrected chi connectivity index (χ0v) is 15.2. The van der Waals surface area contributed by atoms with Crippen LogP contribution in [0.4, 0.5) is 5.69 Å². The fourth-order valence-corrected chi connectivity index (χ4v) is 3.55. The van der Waals surface area contributed by atoms with Crippen molar-refractivity contribution >= 4 is 5.69 Å². The molecule has 3 aromatic rings. The van der Waals surface area contributed by atoms with E-state index in [4.69, 9.17) is 0 Å². The van der Waals surface area contributed by atoms with Gasteiger partial charge in [-0.15, -0.1) is 0 Å². The average Bonchev–Trinajstić information content (AvgIpc) is 3.11. The summed E-state index contributed by atoms with van der Waals surface area (Å²) < 4.78 is 1.95. The number of hydrogen-bond donors (Lipinski definition) is 1. The molecule has 4 rings (SSSR count). The minimum absolute atomic E-state index is 0.501. The monoisotopic (exact) mass is 347 g/mol. The fraction of sp³-hybridized carbons (Fsp3) is 0.333. The Balaban J connectivity index is 1.38. The third-order valence-corrected chi connectivity index (χ3v) is 4.98. The van der Waals surface area contributed by atoms with Crippen molar-refractivity contribution in [2.75, 3.05) is 18.4 Å². The van der Waals surface area contributed by atoms with Gasteiger partial charge in [-0.25, -0.2) is 4.68 Å². The van der Waals surface area contributed by atoms with E-state index >= 15 is 0 Å². The summed E-state index contributed by atoms with van der Waals surface area (Å²) in [5.74, 6) is 0. The molecule has 1 saturated heterocycles. The number of benzene rings is 1. The molecule has 0 bridgehead atoms. The average molecular weight is 347 g/mol. The van der Waals surface area contributed by atoms with Crippen molar-refractivity contribution in [3.63, 3.8) is 0 Å². The summed E-state index contributed by atoms with van der Waals surface area (Å²) in [4.78, 5) is 6.62. The highest BCUT2D eigenvalue weighted by Gasteiger charge is 2.20. The van der Waals surface area contributed by atoms with Crippen LogP contribution < -0.4 is 5.32 Å². The number of nitrogens with zero attached hydrogens (tertiary/aromatic N) is 4. The molecule has 5 heteroatoms. The van der Waals surface area contributed by atoms with Crippen LogP contribution in [-0.4, -0.2) is 38.8 Å². The summed E-state index contributed by atoms with van der Waals surface area (Å²) in [5.41, 5.74) is 4.64. The van der Waals surface area contributed by atoms with Crippen molar-refractivity contribution in [2.24, 2.45) is 0 Å². The van der Waals surface area contributed by atoms with E-state index in [9.17, 15) is 0 Å². The molecule has 5 nitrogen and oxygen atoms in total. The Labute approximate surface area is 154 Å². The number of hydrogen-bond acceptors (Lipinski definition) is 4. The van der Waals surface area contributed by atoms with E-state index in [-0.39, 0.29) is 0 Å². The van der Waals surface area contributed by atoms with Crippen LogP contribution in [0.25, 0.3) is 5.69 Å². The number of aryl methyl sites for hydroxylation is 1. The van der Waals surface area contributed by atoms with Crippen molar-refractivity contribution < 1.29 is 0 Å². The van der Waals surface area contributed by atoms with Crippen LogP contribution in [0.15, 0.2) is 61.1 Å². The number of para-hydroxylation sites is 2. The lowest BCUT2D eigenvalue weighted by Crippen LogP contribution is -2.38. The van der Waals surface area contributed by atoms with Gasteiger partial charge in [-0.1, -0.05) is 12.1 Å². The molecule has 1 aromatic carbocycles. The Hall–Kier alpha value is -2.66. The van der Waals surface area contributed by atoms with Crippen molar-refractivity contribution in [3.05, 3.63) is 72.3 Å². The predicted molar refractivity (Wildman–Crippen MR) is 104 cm³/mol. The smallest absolute Gasteiger partial charge is 0.0877 e. The topological polar surface area (TPSA) is 46.0 Å². The maximum atomic E-state index is 4.56. The summed E-state index contributed by atoms with van der Waals surface area (Å²) >= 11 is 0. The third kappa shape index (κ3) is 3.94. The molecule has 0 spiro atoms. The molecule has 0 aliphatic carbocycles. The number of likely N-dealkylation sites (tertiary alicyclic amines) is 1. The second-order valence-electron chi connectivity index (χ2n) is 6.97. The first-order chi connectivity index (χ1) is 12.8. The summed E-state index contributed by atoms with van der Waals surface area (Å²) in [5, 5.41) is 8.30. The van der Waals surface area contributed by atoms with Crippen LogP contribution in [0.5, 0.6) is 0 Å². The van der Waals surface area contributed by atoms with Gasteiger partial charge in [0.25, 0.3) is 0 Å². The Kier molecular flexibility index (Phi) is 4.97. The van der Waals surface area contributed by atoms with Crippen LogP contribution in [0.1, 0.15) is 24.1 Å². The van der Waals surface area contributed by atoms with Gasteiger partial charge in [-0.05, 0) is 55.7 Å². The van der Waals surface area contributed by atoms with Gasteiger partial charge in [0, 0.05) is 44.3 Å². The van der Waals surface area contributed by atoms with Crippen molar-refractivity contribution in [1.29, 1.82) is 0 Å². The summed E-state index contributed by atoms with van der Waals surface area (Å²) in [6.45, 7) is 5.26. The lowest BCUT2D eigenvalue weighted by Gasteiger charge is -2.33. The molecular formula is C21H25N5. The van der Waals surface area contributed by atoms with Gasteiger partial charge in [-0.3, -0.25) is 9.88 Å². The van der Waals surface area contributed by atoms with Gasteiger partial charge in [0.15, 0.2) is 0 Å². The molecule has 26 heavy (non-hydrogen) atoms. The van der Waals surface area contributed by atoms with E-state index < -0.39 is 0 Å². The van der Waals surface area contributed by atoms with E-state index in [2.05, 4.69) is 56.7 Å². The summed E-state index contributed by atoms with van der Waals surface area (Å²) in [7, 11) is 0. The van der Waals surface area contributed by atoms with E-state index in [1.54, 1.807) is 0 Å². The molecule has 0 unspecified atom stereocenters. The molecule has 0 amide bonds. The van der Waals surface area contributed by atoms with Crippen LogP contribution >= 0.6 is 0 Å². The zero-order chi connectivity index (χ0) is 17.8. The second kappa shape index (κ2) is 7.70. The van der Waals surface area contributed by atoms with E-state index in [1.165, 1.54) is 5.56 Å². The van der Waals surface area contributed by atoms with Crippen molar-refractivity contribution in [1.82, 2.24) is 19.7 Å². The first-order valence-electron chi connectivity index (χ1n) is 9.27. The number of anilines is 1. The normalized spacial score (nSPS) is 15.9. The van der Waals surface area contributed by atoms with Crippen LogP contribution in [-0.2, 0) is 6.54 Å². The fourth-order valence-electron chi connectivity index (χ4n) is 3.55. The molecule has 1 aliphatic rings. The standard InChI is InChI=1S/C21H25N5/c1-17-8-15-26(24-17)21-5-3-2-4-20(21)23-19-9-13-25(14-10-19)16-18-6-11-22-12-7-18/h2-8,11-12,15,19,23H,9-10,13-14,16H2,1H3. The summed E-state index contributed by atoms with van der Waals surface area (Å²) in [6.07, 6.45) is 8.07. The number of rotatable bonds is 5. The number of aromatic nitrogens is 3. The Morgan fingerprint density at radius 3 is 2.54 bits per heavy atom. The van der Waals surface area contributed by atoms with E-state index in [1.807, 2.05) is 36.3 Å². The summed E-state index contributed by atoms with van der Waals surface area (Å²) in [6, 6.07) is 15.2. The van der Waals surface area contributed by atoms with Crippen molar-refractivity contribution in [3.8, 4) is 5.69 Å². The first kappa shape index (κ1) is 16.8. The minimum Gasteiger partial charge on any atom is -0.380 e. The van der Waals surface area contributed by atoms with Gasteiger partial charge < -0.3 is 5.32 Å². The Morgan fingerprint density at radius 2 is 1.81 bits per heavy atom. The minimum atomic E-state index is 0.501. The van der Waals surface area contributed by atoms with Crippen molar-refractivity contribution in [2.45, 2.75) is 32.4 Å². The number of pyridine rings is 1.